The van der Waals surface area contributed by atoms with Crippen molar-refractivity contribution in [2.24, 2.45) is 4.99 Å². The summed E-state index contributed by atoms with van der Waals surface area (Å²) in [4.78, 5) is 20.0. The average molecular weight is 378 g/mol. The lowest BCUT2D eigenvalue weighted by molar-refractivity contribution is 0.0790. The lowest BCUT2D eigenvalue weighted by Gasteiger charge is -2.22. The number of rotatable bonds is 3. The molecule has 1 aromatic heterocycles. The number of amides is 1. The van der Waals surface area contributed by atoms with Gasteiger partial charge in [-0.15, -0.1) is 0 Å². The highest BCUT2D eigenvalue weighted by molar-refractivity contribution is 8.14. The van der Waals surface area contributed by atoms with Crippen molar-refractivity contribution in [3.05, 3.63) is 65.4 Å². The van der Waals surface area contributed by atoms with Crippen LogP contribution >= 0.6 is 11.8 Å². The van der Waals surface area contributed by atoms with Crippen molar-refractivity contribution in [1.82, 2.24) is 4.90 Å². The predicted molar refractivity (Wildman–Crippen MR) is 112 cm³/mol. The summed E-state index contributed by atoms with van der Waals surface area (Å²) >= 11 is 1.63. The molecule has 5 heteroatoms. The molecule has 0 bridgehead atoms. The van der Waals surface area contributed by atoms with Crippen LogP contribution in [0.3, 0.4) is 0 Å². The van der Waals surface area contributed by atoms with Gasteiger partial charge in [-0.1, -0.05) is 49.0 Å². The number of furan rings is 1. The molecule has 4 nitrogen and oxygen atoms in total. The number of hydrogen-bond acceptors (Lipinski definition) is 4. The van der Waals surface area contributed by atoms with Gasteiger partial charge in [-0.3, -0.25) is 9.69 Å². The van der Waals surface area contributed by atoms with E-state index in [9.17, 15) is 4.79 Å². The Morgan fingerprint density at radius 2 is 2.04 bits per heavy atom. The molecular weight excluding hydrogens is 356 g/mol. The molecule has 4 rings (SSSR count). The van der Waals surface area contributed by atoms with Crippen molar-refractivity contribution in [3.63, 3.8) is 0 Å². The van der Waals surface area contributed by atoms with E-state index in [1.165, 1.54) is 0 Å². The number of carbonyl (C=O) groups is 1. The number of hydrogen-bond donors (Lipinski definition) is 0. The number of para-hydroxylation sites is 1. The van der Waals surface area contributed by atoms with Gasteiger partial charge in [0.15, 0.2) is 10.9 Å². The maximum atomic E-state index is 13.4. The highest BCUT2D eigenvalue weighted by Crippen LogP contribution is 2.33. The van der Waals surface area contributed by atoms with E-state index in [1.54, 1.807) is 11.8 Å². The Hall–Kier alpha value is -2.53. The highest BCUT2D eigenvalue weighted by atomic mass is 32.2. The first-order valence-electron chi connectivity index (χ1n) is 9.18. The van der Waals surface area contributed by atoms with Crippen molar-refractivity contribution in [2.75, 3.05) is 5.75 Å². The third-order valence-electron chi connectivity index (χ3n) is 4.93. The number of nitrogens with zero attached hydrogens (tertiary/aromatic N) is 2. The quantitative estimate of drug-likeness (QED) is 0.587. The van der Waals surface area contributed by atoms with Crippen LogP contribution in [0.15, 0.2) is 57.9 Å². The fraction of sp³-hybridized carbons (Fsp3) is 0.273. The summed E-state index contributed by atoms with van der Waals surface area (Å²) in [6.07, 6.45) is 0.880. The number of aliphatic imine (C=N–C) groups is 1. The number of fused-ring (bicyclic) bond motifs is 1. The van der Waals surface area contributed by atoms with E-state index in [4.69, 9.17) is 9.41 Å². The first-order valence-corrected chi connectivity index (χ1v) is 10.2. The molecular formula is C22H22N2O2S. The summed E-state index contributed by atoms with van der Waals surface area (Å²) in [6, 6.07) is 15.9. The van der Waals surface area contributed by atoms with Gasteiger partial charge in [0.25, 0.3) is 5.91 Å². The second-order valence-electron chi connectivity index (χ2n) is 6.83. The molecule has 3 aromatic rings. The van der Waals surface area contributed by atoms with E-state index >= 15 is 0 Å². The van der Waals surface area contributed by atoms with Crippen LogP contribution < -0.4 is 0 Å². The summed E-state index contributed by atoms with van der Waals surface area (Å²) in [5.41, 5.74) is 3.65. The molecule has 138 valence electrons. The summed E-state index contributed by atoms with van der Waals surface area (Å²) in [7, 11) is 0. The zero-order chi connectivity index (χ0) is 19.0. The maximum absolute atomic E-state index is 13.4. The van der Waals surface area contributed by atoms with Crippen LogP contribution in [0.4, 0.5) is 5.69 Å². The van der Waals surface area contributed by atoms with Gasteiger partial charge >= 0.3 is 0 Å². The van der Waals surface area contributed by atoms with Crippen LogP contribution in [-0.2, 0) is 0 Å². The van der Waals surface area contributed by atoms with E-state index in [0.29, 0.717) is 5.76 Å². The van der Waals surface area contributed by atoms with Gasteiger partial charge in [0.1, 0.15) is 5.58 Å². The maximum Gasteiger partial charge on any atom is 0.296 e. The molecule has 0 saturated carbocycles. The third-order valence-corrected chi connectivity index (χ3v) is 6.03. The molecule has 1 amide bonds. The van der Waals surface area contributed by atoms with Crippen LogP contribution in [0.1, 0.15) is 35.0 Å². The van der Waals surface area contributed by atoms with E-state index < -0.39 is 0 Å². The first-order chi connectivity index (χ1) is 13.1. The number of carbonyl (C=O) groups excluding carboxylic acids is 1. The highest BCUT2D eigenvalue weighted by Gasteiger charge is 2.37. The molecule has 1 aliphatic rings. The molecule has 1 aliphatic heterocycles. The molecule has 0 N–H and O–H groups in total. The fourth-order valence-corrected chi connectivity index (χ4v) is 4.67. The third kappa shape index (κ3) is 3.28. The van der Waals surface area contributed by atoms with Crippen LogP contribution in [0.25, 0.3) is 11.0 Å². The molecule has 2 aromatic carbocycles. The number of aryl methyl sites for hydroxylation is 2. The van der Waals surface area contributed by atoms with E-state index in [0.717, 1.165) is 45.1 Å². The summed E-state index contributed by atoms with van der Waals surface area (Å²) in [5.74, 6) is 1.16. The Labute approximate surface area is 163 Å². The second kappa shape index (κ2) is 7.24. The molecule has 0 spiro atoms. The summed E-state index contributed by atoms with van der Waals surface area (Å²) in [5, 5.41) is 1.73. The van der Waals surface area contributed by atoms with Crippen molar-refractivity contribution in [1.29, 1.82) is 0 Å². The molecule has 0 radical (unpaired) electrons. The SMILES string of the molecule is CC[C@H]1CSC(=Nc2cccc(C)c2)N1C(=O)c1oc2ccccc2c1C. The topological polar surface area (TPSA) is 45.8 Å². The standard InChI is InChI=1S/C22H22N2O2S/c1-4-17-13-27-22(23-16-9-7-8-14(2)12-16)24(17)21(25)20-15(3)18-10-5-6-11-19(18)26-20/h5-12,17H,4,13H2,1-3H3/t17-/m0/s1. The normalized spacial score (nSPS) is 18.6. The Kier molecular flexibility index (Phi) is 4.79. The fourth-order valence-electron chi connectivity index (χ4n) is 3.41. The predicted octanol–water partition coefficient (Wildman–Crippen LogP) is 5.70. The number of benzene rings is 2. The van der Waals surface area contributed by atoms with E-state index in [2.05, 4.69) is 6.92 Å². The smallest absolute Gasteiger partial charge is 0.296 e. The zero-order valence-corrected chi connectivity index (χ0v) is 16.5. The molecule has 1 atom stereocenters. The monoisotopic (exact) mass is 378 g/mol. The molecule has 0 aliphatic carbocycles. The van der Waals surface area contributed by atoms with Crippen molar-refractivity contribution >= 4 is 39.5 Å². The summed E-state index contributed by atoms with van der Waals surface area (Å²) in [6.45, 7) is 6.09. The molecule has 1 fully saturated rings. The van der Waals surface area contributed by atoms with Gasteiger partial charge in [0.05, 0.1) is 5.69 Å². The zero-order valence-electron chi connectivity index (χ0n) is 15.7. The number of amidine groups is 1. The molecule has 2 heterocycles. The Morgan fingerprint density at radius 3 is 2.78 bits per heavy atom. The van der Waals surface area contributed by atoms with Gasteiger partial charge in [0, 0.05) is 22.7 Å². The minimum Gasteiger partial charge on any atom is -0.451 e. The first kappa shape index (κ1) is 17.9. The van der Waals surface area contributed by atoms with Crippen molar-refractivity contribution in [2.45, 2.75) is 33.2 Å². The second-order valence-corrected chi connectivity index (χ2v) is 7.82. The van der Waals surface area contributed by atoms with Crippen molar-refractivity contribution < 1.29 is 9.21 Å². The Morgan fingerprint density at radius 1 is 1.22 bits per heavy atom. The van der Waals surface area contributed by atoms with Gasteiger partial charge in [-0.05, 0) is 44.0 Å². The van der Waals surface area contributed by atoms with Gasteiger partial charge in [-0.2, -0.15) is 0 Å². The van der Waals surface area contributed by atoms with Crippen LogP contribution in [-0.4, -0.2) is 27.8 Å². The minimum atomic E-state index is -0.105. The summed E-state index contributed by atoms with van der Waals surface area (Å²) < 4.78 is 5.93. The number of thioether (sulfide) groups is 1. The minimum absolute atomic E-state index is 0.105. The Bertz CT molecular complexity index is 1040. The van der Waals surface area contributed by atoms with Crippen molar-refractivity contribution in [3.8, 4) is 0 Å². The van der Waals surface area contributed by atoms with Crippen LogP contribution in [0.2, 0.25) is 0 Å². The molecule has 0 unspecified atom stereocenters. The molecule has 27 heavy (non-hydrogen) atoms. The van der Waals surface area contributed by atoms with Crippen LogP contribution in [0, 0.1) is 13.8 Å². The Balaban J connectivity index is 1.75. The van der Waals surface area contributed by atoms with E-state index in [1.807, 2.05) is 67.3 Å². The lowest BCUT2D eigenvalue weighted by Crippen LogP contribution is -2.39. The van der Waals surface area contributed by atoms with E-state index in [-0.39, 0.29) is 11.9 Å². The van der Waals surface area contributed by atoms with Gasteiger partial charge in [0.2, 0.25) is 0 Å². The molecule has 1 saturated heterocycles. The average Bonchev–Trinajstić information content (AvgIpc) is 3.22. The van der Waals surface area contributed by atoms with Gasteiger partial charge in [-0.25, -0.2) is 4.99 Å². The largest absolute Gasteiger partial charge is 0.451 e. The lowest BCUT2D eigenvalue weighted by atomic mass is 10.1. The van der Waals surface area contributed by atoms with Gasteiger partial charge < -0.3 is 4.42 Å². The van der Waals surface area contributed by atoms with Crippen LogP contribution in [0.5, 0.6) is 0 Å².